The molecule has 0 aliphatic carbocycles. The van der Waals surface area contributed by atoms with Crippen LogP contribution < -0.4 is 15.4 Å². The second-order valence-electron chi connectivity index (χ2n) is 5.13. The van der Waals surface area contributed by atoms with Crippen LogP contribution in [-0.2, 0) is 0 Å². The first-order valence-corrected chi connectivity index (χ1v) is 7.66. The average molecular weight is 342 g/mol. The highest BCUT2D eigenvalue weighted by molar-refractivity contribution is 6.30. The predicted molar refractivity (Wildman–Crippen MR) is 95.6 cm³/mol. The number of nitrogens with one attached hydrogen (secondary N) is 2. The fourth-order valence-electron chi connectivity index (χ4n) is 2.17. The molecule has 0 amide bonds. The SMILES string of the molecule is COc1ccc(C)cc1Nc1cnnc(Nc2cccc(Cl)c2)n1. The third kappa shape index (κ3) is 3.91. The molecule has 0 aliphatic heterocycles. The maximum Gasteiger partial charge on any atom is 0.249 e. The van der Waals surface area contributed by atoms with Crippen LogP contribution in [0.4, 0.5) is 23.1 Å². The molecule has 122 valence electrons. The standard InChI is InChI=1S/C17H16ClN5O/c1-11-6-7-15(24-2)14(8-11)21-16-10-19-23-17(22-16)20-13-5-3-4-12(18)9-13/h3-10H,1-2H3,(H2,20,21,22,23). The van der Waals surface area contributed by atoms with Crippen molar-refractivity contribution in [2.24, 2.45) is 0 Å². The quantitative estimate of drug-likeness (QED) is 0.719. The van der Waals surface area contributed by atoms with Crippen molar-refractivity contribution in [2.75, 3.05) is 17.7 Å². The number of hydrogen-bond donors (Lipinski definition) is 2. The summed E-state index contributed by atoms with van der Waals surface area (Å²) in [7, 11) is 1.63. The summed E-state index contributed by atoms with van der Waals surface area (Å²) in [4.78, 5) is 4.40. The molecule has 0 aliphatic rings. The third-order valence-corrected chi connectivity index (χ3v) is 3.49. The Morgan fingerprint density at radius 3 is 2.75 bits per heavy atom. The molecule has 0 bridgehead atoms. The molecule has 2 N–H and O–H groups in total. The molecule has 0 saturated carbocycles. The Morgan fingerprint density at radius 2 is 1.96 bits per heavy atom. The van der Waals surface area contributed by atoms with Gasteiger partial charge in [0.1, 0.15) is 5.75 Å². The van der Waals surface area contributed by atoms with Gasteiger partial charge in [-0.2, -0.15) is 10.1 Å². The molecule has 0 radical (unpaired) electrons. The van der Waals surface area contributed by atoms with E-state index >= 15 is 0 Å². The molecule has 1 aromatic heterocycles. The minimum absolute atomic E-state index is 0.369. The van der Waals surface area contributed by atoms with E-state index in [-0.39, 0.29) is 0 Å². The van der Waals surface area contributed by atoms with E-state index in [0.29, 0.717) is 16.8 Å². The molecule has 0 fully saturated rings. The van der Waals surface area contributed by atoms with Gasteiger partial charge in [0.2, 0.25) is 5.95 Å². The van der Waals surface area contributed by atoms with Crippen molar-refractivity contribution in [2.45, 2.75) is 6.92 Å². The highest BCUT2D eigenvalue weighted by Gasteiger charge is 2.07. The van der Waals surface area contributed by atoms with Gasteiger partial charge in [-0.05, 0) is 42.8 Å². The number of anilines is 4. The monoisotopic (exact) mass is 341 g/mol. The zero-order chi connectivity index (χ0) is 16.9. The molecule has 24 heavy (non-hydrogen) atoms. The summed E-state index contributed by atoms with van der Waals surface area (Å²) in [6.45, 7) is 2.01. The summed E-state index contributed by atoms with van der Waals surface area (Å²) in [5, 5.41) is 14.8. The van der Waals surface area contributed by atoms with Crippen molar-refractivity contribution in [1.82, 2.24) is 15.2 Å². The second-order valence-corrected chi connectivity index (χ2v) is 5.57. The van der Waals surface area contributed by atoms with E-state index < -0.39 is 0 Å². The number of benzene rings is 2. The van der Waals surface area contributed by atoms with Gasteiger partial charge >= 0.3 is 0 Å². The predicted octanol–water partition coefficient (Wildman–Crippen LogP) is 4.33. The fraction of sp³-hybridized carbons (Fsp3) is 0.118. The van der Waals surface area contributed by atoms with E-state index in [2.05, 4.69) is 25.8 Å². The summed E-state index contributed by atoms with van der Waals surface area (Å²) in [6, 6.07) is 13.2. The number of rotatable bonds is 5. The van der Waals surface area contributed by atoms with Gasteiger partial charge in [0.15, 0.2) is 5.82 Å². The molecule has 6 nitrogen and oxygen atoms in total. The molecular weight excluding hydrogens is 326 g/mol. The van der Waals surface area contributed by atoms with Crippen molar-refractivity contribution in [3.63, 3.8) is 0 Å². The maximum absolute atomic E-state index is 5.98. The lowest BCUT2D eigenvalue weighted by atomic mass is 10.2. The van der Waals surface area contributed by atoms with Crippen LogP contribution in [0.1, 0.15) is 5.56 Å². The molecule has 0 atom stereocenters. The zero-order valence-electron chi connectivity index (χ0n) is 13.2. The molecule has 1 heterocycles. The van der Waals surface area contributed by atoms with Crippen molar-refractivity contribution in [3.8, 4) is 5.75 Å². The third-order valence-electron chi connectivity index (χ3n) is 3.26. The number of aromatic nitrogens is 3. The highest BCUT2D eigenvalue weighted by atomic mass is 35.5. The van der Waals surface area contributed by atoms with Crippen LogP contribution in [0.5, 0.6) is 5.75 Å². The Labute approximate surface area is 144 Å². The van der Waals surface area contributed by atoms with Gasteiger partial charge in [-0.25, -0.2) is 0 Å². The normalized spacial score (nSPS) is 10.3. The summed E-state index contributed by atoms with van der Waals surface area (Å²) >= 11 is 5.98. The number of nitrogens with zero attached hydrogens (tertiary/aromatic N) is 3. The Bertz CT molecular complexity index is 856. The smallest absolute Gasteiger partial charge is 0.249 e. The van der Waals surface area contributed by atoms with Gasteiger partial charge in [0.05, 0.1) is 19.0 Å². The number of ether oxygens (including phenoxy) is 1. The van der Waals surface area contributed by atoms with Gasteiger partial charge in [-0.15, -0.1) is 5.10 Å². The van der Waals surface area contributed by atoms with E-state index in [9.17, 15) is 0 Å². The summed E-state index contributed by atoms with van der Waals surface area (Å²) < 4.78 is 5.36. The number of aryl methyl sites for hydroxylation is 1. The summed E-state index contributed by atoms with van der Waals surface area (Å²) in [6.07, 6.45) is 1.55. The molecule has 0 saturated heterocycles. The van der Waals surface area contributed by atoms with Gasteiger partial charge < -0.3 is 15.4 Å². The van der Waals surface area contributed by atoms with Crippen LogP contribution in [0.15, 0.2) is 48.7 Å². The largest absolute Gasteiger partial charge is 0.495 e. The molecule has 7 heteroatoms. The molecule has 0 unspecified atom stereocenters. The summed E-state index contributed by atoms with van der Waals surface area (Å²) in [5.41, 5.74) is 2.71. The van der Waals surface area contributed by atoms with Gasteiger partial charge in [0.25, 0.3) is 0 Å². The van der Waals surface area contributed by atoms with Crippen molar-refractivity contribution in [3.05, 3.63) is 59.2 Å². The number of halogens is 1. The molecule has 3 rings (SSSR count). The second kappa shape index (κ2) is 7.14. The molecule has 3 aromatic rings. The Kier molecular flexibility index (Phi) is 4.77. The Balaban J connectivity index is 1.82. The molecule has 0 spiro atoms. The van der Waals surface area contributed by atoms with E-state index in [0.717, 1.165) is 22.7 Å². The van der Waals surface area contributed by atoms with Crippen LogP contribution in [0, 0.1) is 6.92 Å². The fourth-order valence-corrected chi connectivity index (χ4v) is 2.36. The van der Waals surface area contributed by atoms with Gasteiger partial charge in [0, 0.05) is 10.7 Å². The van der Waals surface area contributed by atoms with Crippen LogP contribution in [0.25, 0.3) is 0 Å². The minimum Gasteiger partial charge on any atom is -0.495 e. The lowest BCUT2D eigenvalue weighted by Gasteiger charge is -2.12. The van der Waals surface area contributed by atoms with Crippen LogP contribution in [-0.4, -0.2) is 22.3 Å². The lowest BCUT2D eigenvalue weighted by molar-refractivity contribution is 0.416. The first-order chi connectivity index (χ1) is 11.6. The Morgan fingerprint density at radius 1 is 1.08 bits per heavy atom. The van der Waals surface area contributed by atoms with Crippen molar-refractivity contribution in [1.29, 1.82) is 0 Å². The first-order valence-electron chi connectivity index (χ1n) is 7.28. The molecular formula is C17H16ClN5O. The Hall–Kier alpha value is -2.86. The van der Waals surface area contributed by atoms with Crippen LogP contribution in [0.2, 0.25) is 5.02 Å². The first kappa shape index (κ1) is 16.0. The van der Waals surface area contributed by atoms with Crippen molar-refractivity contribution < 1.29 is 4.74 Å². The zero-order valence-corrected chi connectivity index (χ0v) is 14.0. The van der Waals surface area contributed by atoms with Crippen LogP contribution >= 0.6 is 11.6 Å². The maximum atomic E-state index is 5.98. The number of hydrogen-bond acceptors (Lipinski definition) is 6. The van der Waals surface area contributed by atoms with E-state index in [1.807, 2.05) is 37.3 Å². The topological polar surface area (TPSA) is 72.0 Å². The van der Waals surface area contributed by atoms with Crippen LogP contribution in [0.3, 0.4) is 0 Å². The van der Waals surface area contributed by atoms with Crippen molar-refractivity contribution >= 4 is 34.7 Å². The van der Waals surface area contributed by atoms with E-state index in [1.54, 1.807) is 25.4 Å². The van der Waals surface area contributed by atoms with Gasteiger partial charge in [-0.1, -0.05) is 23.7 Å². The van der Waals surface area contributed by atoms with E-state index in [4.69, 9.17) is 16.3 Å². The lowest BCUT2D eigenvalue weighted by Crippen LogP contribution is -2.03. The highest BCUT2D eigenvalue weighted by Crippen LogP contribution is 2.28. The van der Waals surface area contributed by atoms with E-state index in [1.165, 1.54) is 0 Å². The van der Waals surface area contributed by atoms with Gasteiger partial charge in [-0.3, -0.25) is 0 Å². The minimum atomic E-state index is 0.369. The summed E-state index contributed by atoms with van der Waals surface area (Å²) in [5.74, 6) is 1.65. The molecule has 2 aromatic carbocycles. The number of methoxy groups -OCH3 is 1. The average Bonchev–Trinajstić information content (AvgIpc) is 2.55.